The highest BCUT2D eigenvalue weighted by Gasteiger charge is 2.73. The molecular weight excluding hydrogens is 452 g/mol. The van der Waals surface area contributed by atoms with Crippen molar-refractivity contribution in [2.75, 3.05) is 6.61 Å². The maximum absolute atomic E-state index is 13.1. The zero-order valence-corrected chi connectivity index (χ0v) is 19.6. The Morgan fingerprint density at radius 3 is 2.38 bits per heavy atom. The van der Waals surface area contributed by atoms with Crippen LogP contribution < -0.4 is 9.47 Å². The number of halogens is 1. The second kappa shape index (κ2) is 7.98. The van der Waals surface area contributed by atoms with E-state index in [2.05, 4.69) is 17.3 Å². The summed E-state index contributed by atoms with van der Waals surface area (Å²) in [5.74, 6) is 0.699. The molecule has 0 N–H and O–H groups in total. The van der Waals surface area contributed by atoms with Gasteiger partial charge in [0.05, 0.1) is 24.7 Å². The van der Waals surface area contributed by atoms with Crippen molar-refractivity contribution in [3.05, 3.63) is 70.8 Å². The number of fused-ring (bicyclic) bond motifs is 3. The van der Waals surface area contributed by atoms with Crippen molar-refractivity contribution in [2.45, 2.75) is 26.4 Å². The van der Waals surface area contributed by atoms with Crippen molar-refractivity contribution in [1.82, 2.24) is 5.01 Å². The van der Waals surface area contributed by atoms with Crippen LogP contribution in [0.4, 0.5) is 0 Å². The van der Waals surface area contributed by atoms with Crippen LogP contribution in [-0.4, -0.2) is 29.6 Å². The lowest BCUT2D eigenvalue weighted by Gasteiger charge is -2.18. The monoisotopic (exact) mass is 476 g/mol. The molecule has 0 aromatic heterocycles. The number of nitrogens with zero attached hydrogens (tertiary/aromatic N) is 2. The molecule has 174 valence electrons. The minimum atomic E-state index is -0.248. The number of benzene rings is 2. The van der Waals surface area contributed by atoms with Crippen molar-refractivity contribution >= 4 is 29.6 Å². The number of rotatable bonds is 7. The maximum Gasteiger partial charge on any atom is 0.254 e. The number of carbonyl (C=O) groups excluding carboxylic acids is 2. The highest BCUT2D eigenvalue weighted by molar-refractivity contribution is 6.31. The number of amides is 2. The van der Waals surface area contributed by atoms with E-state index < -0.39 is 0 Å². The molecule has 1 aliphatic heterocycles. The van der Waals surface area contributed by atoms with Crippen molar-refractivity contribution in [1.29, 1.82) is 0 Å². The van der Waals surface area contributed by atoms with Crippen LogP contribution in [0.15, 0.2) is 59.7 Å². The Hall–Kier alpha value is -3.12. The summed E-state index contributed by atoms with van der Waals surface area (Å²) in [5, 5.41) is 6.03. The van der Waals surface area contributed by atoms with Crippen molar-refractivity contribution in [3.8, 4) is 11.5 Å². The van der Waals surface area contributed by atoms with Gasteiger partial charge in [-0.2, -0.15) is 10.1 Å². The molecule has 34 heavy (non-hydrogen) atoms. The van der Waals surface area contributed by atoms with E-state index in [1.165, 1.54) is 0 Å². The first-order chi connectivity index (χ1) is 16.5. The van der Waals surface area contributed by atoms with Crippen LogP contribution in [-0.2, 0) is 16.2 Å². The molecule has 0 radical (unpaired) electrons. The zero-order chi connectivity index (χ0) is 23.4. The predicted molar refractivity (Wildman–Crippen MR) is 128 cm³/mol. The molecule has 6 nitrogen and oxygen atoms in total. The summed E-state index contributed by atoms with van der Waals surface area (Å²) in [5.41, 5.74) is 1.78. The molecule has 4 atom stereocenters. The lowest BCUT2D eigenvalue weighted by atomic mass is 9.85. The van der Waals surface area contributed by atoms with Crippen LogP contribution in [0, 0.1) is 29.1 Å². The predicted octanol–water partition coefficient (Wildman–Crippen LogP) is 4.85. The molecule has 1 saturated heterocycles. The van der Waals surface area contributed by atoms with Crippen LogP contribution in [0.1, 0.15) is 30.9 Å². The van der Waals surface area contributed by atoms with Crippen LogP contribution >= 0.6 is 11.6 Å². The number of allylic oxidation sites excluding steroid dienone is 2. The summed E-state index contributed by atoms with van der Waals surface area (Å²) in [6, 6.07) is 12.9. The van der Waals surface area contributed by atoms with E-state index in [4.69, 9.17) is 21.1 Å². The van der Waals surface area contributed by atoms with Gasteiger partial charge < -0.3 is 9.47 Å². The molecule has 6 rings (SSSR count). The molecule has 3 aliphatic carbocycles. The number of carbonyl (C=O) groups is 2. The van der Waals surface area contributed by atoms with Crippen molar-refractivity contribution < 1.29 is 19.1 Å². The zero-order valence-electron chi connectivity index (χ0n) is 18.8. The van der Waals surface area contributed by atoms with Gasteiger partial charge in [-0.1, -0.05) is 42.0 Å². The first-order valence-corrected chi connectivity index (χ1v) is 12.1. The van der Waals surface area contributed by atoms with Gasteiger partial charge in [0.1, 0.15) is 6.61 Å². The van der Waals surface area contributed by atoms with Gasteiger partial charge >= 0.3 is 0 Å². The minimum Gasteiger partial charge on any atom is -0.490 e. The van der Waals surface area contributed by atoms with E-state index in [1.807, 2.05) is 37.3 Å². The number of hydrogen-bond donors (Lipinski definition) is 0. The standard InChI is InChI=1S/C27H25ClN2O4/c1-2-33-22-13-16(7-10-21(22)34-15-17-5-3-4-6-20(17)28)14-29-30-25(31)23-18-8-9-19(24(23)26(30)32)27(18)11-12-27/h3-10,13-14,18-19,23-24H,2,11-12,15H2,1H3/b29-14-/t18-,19-,23-,24-/m1/s1. The first-order valence-electron chi connectivity index (χ1n) is 11.8. The van der Waals surface area contributed by atoms with E-state index in [0.29, 0.717) is 35.3 Å². The van der Waals surface area contributed by atoms with Crippen molar-refractivity contribution in [2.24, 2.45) is 34.2 Å². The molecule has 0 unspecified atom stereocenters. The van der Waals surface area contributed by atoms with Gasteiger partial charge in [0.2, 0.25) is 0 Å². The van der Waals surface area contributed by atoms with Gasteiger partial charge in [0.15, 0.2) is 11.5 Å². The third kappa shape index (κ3) is 3.19. The number of ether oxygens (including phenoxy) is 2. The fourth-order valence-corrected chi connectivity index (χ4v) is 6.25. The fourth-order valence-electron chi connectivity index (χ4n) is 6.06. The van der Waals surface area contributed by atoms with Gasteiger partial charge in [-0.05, 0) is 66.8 Å². The fraction of sp³-hybridized carbons (Fsp3) is 0.370. The summed E-state index contributed by atoms with van der Waals surface area (Å²) >= 11 is 6.23. The Labute approximate surface area is 203 Å². The second-order valence-corrected chi connectivity index (χ2v) is 9.88. The summed E-state index contributed by atoms with van der Waals surface area (Å²) in [7, 11) is 0. The van der Waals surface area contributed by atoms with Crippen LogP contribution in [0.2, 0.25) is 5.02 Å². The Kier molecular flexibility index (Phi) is 5.03. The molecule has 3 fully saturated rings. The summed E-state index contributed by atoms with van der Waals surface area (Å²) < 4.78 is 11.7. The second-order valence-electron chi connectivity index (χ2n) is 9.47. The smallest absolute Gasteiger partial charge is 0.254 e. The Bertz CT molecular complexity index is 1200. The quantitative estimate of drug-likeness (QED) is 0.325. The van der Waals surface area contributed by atoms with Crippen LogP contribution in [0.5, 0.6) is 11.5 Å². The summed E-state index contributed by atoms with van der Waals surface area (Å²) in [4.78, 5) is 26.2. The summed E-state index contributed by atoms with van der Waals surface area (Å²) in [6.07, 6.45) is 8.11. The Balaban J connectivity index is 1.19. The molecule has 2 aromatic rings. The lowest BCUT2D eigenvalue weighted by Crippen LogP contribution is -2.30. The topological polar surface area (TPSA) is 68.2 Å². The molecule has 4 aliphatic rings. The number of hydrazone groups is 1. The molecule has 7 heteroatoms. The highest BCUT2D eigenvalue weighted by atomic mass is 35.5. The van der Waals surface area contributed by atoms with E-state index in [0.717, 1.165) is 23.4 Å². The minimum absolute atomic E-state index is 0.168. The van der Waals surface area contributed by atoms with Gasteiger partial charge in [-0.3, -0.25) is 9.59 Å². The highest BCUT2D eigenvalue weighted by Crippen LogP contribution is 2.73. The Morgan fingerprint density at radius 2 is 1.74 bits per heavy atom. The Morgan fingerprint density at radius 1 is 1.03 bits per heavy atom. The average Bonchev–Trinajstić information content (AvgIpc) is 3.44. The number of imide groups is 1. The van der Waals surface area contributed by atoms with E-state index in [1.54, 1.807) is 18.3 Å². The van der Waals surface area contributed by atoms with E-state index in [-0.39, 0.29) is 40.9 Å². The van der Waals surface area contributed by atoms with Gasteiger partial charge in [0, 0.05) is 10.6 Å². The van der Waals surface area contributed by atoms with E-state index in [9.17, 15) is 9.59 Å². The van der Waals surface area contributed by atoms with Gasteiger partial charge in [0.25, 0.3) is 11.8 Å². The molecule has 2 aromatic carbocycles. The van der Waals surface area contributed by atoms with Crippen LogP contribution in [0.25, 0.3) is 0 Å². The molecule has 2 amide bonds. The van der Waals surface area contributed by atoms with Gasteiger partial charge in [-0.25, -0.2) is 0 Å². The van der Waals surface area contributed by atoms with Gasteiger partial charge in [-0.15, -0.1) is 0 Å². The molecule has 1 heterocycles. The SMILES string of the molecule is CCOc1cc(/C=N\N2C(=O)[C@H]3[C@H](C2=O)[C@H]2C=C[C@H]3C23CC3)ccc1OCc1ccccc1Cl. The molecular formula is C27H25ClN2O4. The maximum atomic E-state index is 13.1. The third-order valence-electron chi connectivity index (χ3n) is 7.76. The van der Waals surface area contributed by atoms with Crippen LogP contribution in [0.3, 0.4) is 0 Å². The summed E-state index contributed by atoms with van der Waals surface area (Å²) in [6.45, 7) is 2.67. The third-order valence-corrected chi connectivity index (χ3v) is 8.13. The molecule has 1 spiro atoms. The van der Waals surface area contributed by atoms with E-state index >= 15 is 0 Å². The molecule has 2 saturated carbocycles. The van der Waals surface area contributed by atoms with Crippen molar-refractivity contribution in [3.63, 3.8) is 0 Å². The first kappa shape index (κ1) is 21.4. The normalized spacial score (nSPS) is 27.8. The number of hydrogen-bond acceptors (Lipinski definition) is 5. The molecule has 2 bridgehead atoms. The lowest BCUT2D eigenvalue weighted by molar-refractivity contribution is -0.141. The largest absolute Gasteiger partial charge is 0.490 e. The average molecular weight is 477 g/mol.